The first kappa shape index (κ1) is 23.4. The first-order valence-electron chi connectivity index (χ1n) is 8.91. The van der Waals surface area contributed by atoms with Crippen molar-refractivity contribution in [2.24, 2.45) is 0 Å². The molecule has 2 heterocycles. The van der Waals surface area contributed by atoms with Gasteiger partial charge in [0.25, 0.3) is 0 Å². The minimum atomic E-state index is -0.730. The molecule has 1 saturated heterocycles. The minimum absolute atomic E-state index is 0. The van der Waals surface area contributed by atoms with E-state index in [0.717, 1.165) is 24.4 Å². The van der Waals surface area contributed by atoms with Crippen molar-refractivity contribution >= 4 is 30.7 Å². The second kappa shape index (κ2) is 10.7. The Morgan fingerprint density at radius 1 is 1.37 bits per heavy atom. The number of imidazole rings is 1. The number of nitrogens with one attached hydrogen (secondary N) is 2. The maximum Gasteiger partial charge on any atom is 0.222 e. The Morgan fingerprint density at radius 3 is 2.78 bits per heavy atom. The third-order valence-electron chi connectivity index (χ3n) is 4.95. The molecule has 1 fully saturated rings. The quantitative estimate of drug-likeness (QED) is 0.675. The van der Waals surface area contributed by atoms with Crippen molar-refractivity contribution in [2.45, 2.75) is 44.4 Å². The number of carbonyl (C=O) groups is 1. The summed E-state index contributed by atoms with van der Waals surface area (Å²) in [5.74, 6) is 0.924. The molecule has 8 heteroatoms. The molecule has 1 aliphatic heterocycles. The van der Waals surface area contributed by atoms with E-state index in [1.807, 2.05) is 41.1 Å². The molecule has 1 aromatic heterocycles. The number of benzene rings is 1. The molecule has 2 atom stereocenters. The van der Waals surface area contributed by atoms with Crippen LogP contribution in [0.25, 0.3) is 0 Å². The van der Waals surface area contributed by atoms with Crippen molar-refractivity contribution in [3.63, 3.8) is 0 Å². The highest BCUT2D eigenvalue weighted by atomic mass is 35.5. The van der Waals surface area contributed by atoms with Gasteiger partial charge in [-0.1, -0.05) is 37.3 Å². The van der Waals surface area contributed by atoms with Crippen LogP contribution in [0.4, 0.5) is 0 Å². The van der Waals surface area contributed by atoms with Crippen LogP contribution >= 0.6 is 24.8 Å². The number of halogens is 2. The maximum absolute atomic E-state index is 12.7. The van der Waals surface area contributed by atoms with Crippen molar-refractivity contribution in [1.82, 2.24) is 20.2 Å². The van der Waals surface area contributed by atoms with Gasteiger partial charge in [0.1, 0.15) is 5.82 Å². The molecule has 0 bridgehead atoms. The van der Waals surface area contributed by atoms with E-state index in [9.17, 15) is 9.90 Å². The summed E-state index contributed by atoms with van der Waals surface area (Å²) in [6.07, 6.45) is 4.87. The number of aryl methyl sites for hydroxylation is 2. The van der Waals surface area contributed by atoms with E-state index >= 15 is 0 Å². The maximum atomic E-state index is 12.7. The number of carbonyl (C=O) groups excluding carboxylic acids is 1. The summed E-state index contributed by atoms with van der Waals surface area (Å²) in [6, 6.07) is 9.77. The summed E-state index contributed by atoms with van der Waals surface area (Å²) in [4.78, 5) is 16.9. The van der Waals surface area contributed by atoms with Crippen molar-refractivity contribution in [3.05, 3.63) is 54.1 Å². The third kappa shape index (κ3) is 5.23. The number of amides is 1. The molecule has 1 aliphatic rings. The number of aromatic nitrogens is 2. The second-order valence-electron chi connectivity index (χ2n) is 6.50. The first-order valence-corrected chi connectivity index (χ1v) is 8.91. The topological polar surface area (TPSA) is 79.2 Å². The summed E-state index contributed by atoms with van der Waals surface area (Å²) < 4.78 is 2.01. The molecule has 3 rings (SSSR count). The number of aliphatic hydroxyl groups excluding tert-OH is 1. The van der Waals surface area contributed by atoms with Gasteiger partial charge in [-0.05, 0) is 18.5 Å². The molecule has 0 radical (unpaired) electrons. The standard InChI is InChI=1S/C19H26N4O2.2ClH/c1-2-17-21-11-13-23(17)12-8-18(25)22-19(9-10-20-14-16(19)24)15-6-4-3-5-7-15;;/h3-7,11,13,16,20,24H,2,8-10,12,14H2,1H3,(H,22,25);2*1H/t16-,19+;;/m1../s1. The fourth-order valence-electron chi connectivity index (χ4n) is 3.55. The fraction of sp³-hybridized carbons (Fsp3) is 0.474. The van der Waals surface area contributed by atoms with E-state index in [4.69, 9.17) is 0 Å². The number of β-amino-alcohol motifs (C(OH)–C–C–N with tert-alkyl or cyclic N) is 1. The number of hydrogen-bond acceptors (Lipinski definition) is 4. The van der Waals surface area contributed by atoms with Crippen LogP contribution in [0.15, 0.2) is 42.7 Å². The lowest BCUT2D eigenvalue weighted by molar-refractivity contribution is -0.126. The molecule has 0 unspecified atom stereocenters. The molecule has 0 saturated carbocycles. The van der Waals surface area contributed by atoms with Crippen molar-refractivity contribution in [3.8, 4) is 0 Å². The van der Waals surface area contributed by atoms with Gasteiger partial charge in [0.15, 0.2) is 0 Å². The lowest BCUT2D eigenvalue weighted by atomic mass is 9.79. The minimum Gasteiger partial charge on any atom is -0.389 e. The van der Waals surface area contributed by atoms with E-state index in [-0.39, 0.29) is 30.7 Å². The average Bonchev–Trinajstić information content (AvgIpc) is 3.10. The van der Waals surface area contributed by atoms with E-state index in [1.165, 1.54) is 0 Å². The SMILES string of the molecule is CCc1nccn1CCC(=O)N[C@]1(c2ccccc2)CCNC[C@H]1O.Cl.Cl. The molecule has 1 aromatic carbocycles. The Hall–Kier alpha value is -1.60. The van der Waals surface area contributed by atoms with Gasteiger partial charge in [-0.3, -0.25) is 4.79 Å². The molecule has 27 heavy (non-hydrogen) atoms. The zero-order valence-corrected chi connectivity index (χ0v) is 17.1. The number of piperidine rings is 1. The van der Waals surface area contributed by atoms with E-state index in [0.29, 0.717) is 25.9 Å². The van der Waals surface area contributed by atoms with Crippen LogP contribution in [0.2, 0.25) is 0 Å². The Labute approximate surface area is 172 Å². The van der Waals surface area contributed by atoms with Crippen LogP contribution in [0, 0.1) is 0 Å². The van der Waals surface area contributed by atoms with Gasteiger partial charge in [0.05, 0.1) is 11.6 Å². The lowest BCUT2D eigenvalue weighted by Crippen LogP contribution is -2.61. The lowest BCUT2D eigenvalue weighted by Gasteiger charge is -2.43. The predicted octanol–water partition coefficient (Wildman–Crippen LogP) is 2.05. The zero-order valence-electron chi connectivity index (χ0n) is 15.4. The summed E-state index contributed by atoms with van der Waals surface area (Å²) in [5.41, 5.74) is 0.223. The molecule has 0 spiro atoms. The molecular formula is C19H28Cl2N4O2. The van der Waals surface area contributed by atoms with Crippen molar-refractivity contribution in [1.29, 1.82) is 0 Å². The van der Waals surface area contributed by atoms with Crippen molar-refractivity contribution < 1.29 is 9.90 Å². The zero-order chi connectivity index (χ0) is 17.7. The van der Waals surface area contributed by atoms with E-state index in [2.05, 4.69) is 22.5 Å². The fourth-order valence-corrected chi connectivity index (χ4v) is 3.55. The smallest absolute Gasteiger partial charge is 0.222 e. The summed E-state index contributed by atoms with van der Waals surface area (Å²) in [6.45, 7) is 3.87. The van der Waals surface area contributed by atoms with Crippen LogP contribution in [-0.2, 0) is 23.3 Å². The van der Waals surface area contributed by atoms with Gasteiger partial charge in [-0.2, -0.15) is 0 Å². The summed E-state index contributed by atoms with van der Waals surface area (Å²) in [5, 5.41) is 17.0. The largest absolute Gasteiger partial charge is 0.389 e. The van der Waals surface area contributed by atoms with Crippen LogP contribution in [0.5, 0.6) is 0 Å². The number of aliphatic hydroxyl groups is 1. The molecule has 6 nitrogen and oxygen atoms in total. The molecule has 3 N–H and O–H groups in total. The first-order chi connectivity index (χ1) is 12.2. The monoisotopic (exact) mass is 414 g/mol. The number of hydrogen-bond donors (Lipinski definition) is 3. The Bertz CT molecular complexity index is 711. The van der Waals surface area contributed by atoms with Crippen molar-refractivity contribution in [2.75, 3.05) is 13.1 Å². The summed E-state index contributed by atoms with van der Waals surface area (Å²) in [7, 11) is 0. The molecule has 0 aliphatic carbocycles. The van der Waals surface area contributed by atoms with Crippen LogP contribution < -0.4 is 10.6 Å². The van der Waals surface area contributed by atoms with Gasteiger partial charge in [0, 0.05) is 38.3 Å². The highest BCUT2D eigenvalue weighted by Crippen LogP contribution is 2.31. The van der Waals surface area contributed by atoms with Crippen LogP contribution in [-0.4, -0.2) is 39.8 Å². The second-order valence-corrected chi connectivity index (χ2v) is 6.50. The number of nitrogens with zero attached hydrogens (tertiary/aromatic N) is 2. The van der Waals surface area contributed by atoms with Gasteiger partial charge in [-0.15, -0.1) is 24.8 Å². The van der Waals surface area contributed by atoms with Gasteiger partial charge >= 0.3 is 0 Å². The Balaban J connectivity index is 0.00000182. The summed E-state index contributed by atoms with van der Waals surface area (Å²) >= 11 is 0. The Morgan fingerprint density at radius 2 is 2.11 bits per heavy atom. The highest BCUT2D eigenvalue weighted by Gasteiger charge is 2.42. The number of rotatable bonds is 6. The molecule has 1 amide bonds. The normalized spacial score (nSPS) is 21.6. The molecular weight excluding hydrogens is 387 g/mol. The van der Waals surface area contributed by atoms with Crippen LogP contribution in [0.3, 0.4) is 0 Å². The molecule has 150 valence electrons. The van der Waals surface area contributed by atoms with E-state index < -0.39 is 11.6 Å². The average molecular weight is 415 g/mol. The van der Waals surface area contributed by atoms with Gasteiger partial charge in [-0.25, -0.2) is 4.98 Å². The van der Waals surface area contributed by atoms with Gasteiger partial charge in [0.2, 0.25) is 5.91 Å². The highest BCUT2D eigenvalue weighted by molar-refractivity contribution is 5.85. The Kier molecular flexibility index (Phi) is 9.26. The third-order valence-corrected chi connectivity index (χ3v) is 4.95. The van der Waals surface area contributed by atoms with Crippen LogP contribution in [0.1, 0.15) is 31.2 Å². The van der Waals surface area contributed by atoms with E-state index in [1.54, 1.807) is 6.20 Å². The molecule has 2 aromatic rings. The predicted molar refractivity (Wildman–Crippen MR) is 110 cm³/mol. The van der Waals surface area contributed by atoms with Gasteiger partial charge < -0.3 is 20.3 Å².